The summed E-state index contributed by atoms with van der Waals surface area (Å²) in [7, 11) is 4.26. The lowest BCUT2D eigenvalue weighted by molar-refractivity contribution is 0.274. The predicted molar refractivity (Wildman–Crippen MR) is 134 cm³/mol. The molecular weight excluding hydrogens is 501 g/mol. The van der Waals surface area contributed by atoms with Gasteiger partial charge < -0.3 is 24.8 Å². The SMILES string of the molecule is CCNC(=NCCCN1CCCN(C)CC1)N(C)CCOc1ccc(Cl)cc1.I. The number of benzene rings is 1. The van der Waals surface area contributed by atoms with Crippen LogP contribution >= 0.6 is 35.6 Å². The lowest BCUT2D eigenvalue weighted by Gasteiger charge is -2.23. The van der Waals surface area contributed by atoms with E-state index in [1.165, 1.54) is 32.6 Å². The summed E-state index contributed by atoms with van der Waals surface area (Å²) in [5, 5.41) is 4.10. The number of hydrogen-bond donors (Lipinski definition) is 1. The molecule has 6 nitrogen and oxygen atoms in total. The van der Waals surface area contributed by atoms with Gasteiger partial charge in [0.25, 0.3) is 0 Å². The van der Waals surface area contributed by atoms with Crippen LogP contribution in [-0.2, 0) is 0 Å². The number of ether oxygens (including phenoxy) is 1. The molecule has 0 amide bonds. The highest BCUT2D eigenvalue weighted by molar-refractivity contribution is 14.0. The zero-order valence-corrected chi connectivity index (χ0v) is 21.2. The standard InChI is InChI=1S/C21H36ClN5O.HI/c1-4-23-21(24-11-5-13-27-14-6-12-25(2)15-16-27)26(3)17-18-28-20-9-7-19(22)8-10-20;/h7-10H,4-6,11-18H2,1-3H3,(H,23,24);1H. The molecule has 29 heavy (non-hydrogen) atoms. The minimum Gasteiger partial charge on any atom is -0.492 e. The van der Waals surface area contributed by atoms with Crippen molar-refractivity contribution in [2.75, 3.05) is 73.1 Å². The van der Waals surface area contributed by atoms with Crippen molar-refractivity contribution < 1.29 is 4.74 Å². The molecule has 0 radical (unpaired) electrons. The van der Waals surface area contributed by atoms with Crippen LogP contribution in [0.3, 0.4) is 0 Å². The first kappa shape index (κ1) is 26.3. The number of aliphatic imine (C=N–C) groups is 1. The first-order chi connectivity index (χ1) is 13.6. The van der Waals surface area contributed by atoms with Gasteiger partial charge in [0.2, 0.25) is 0 Å². The van der Waals surface area contributed by atoms with Gasteiger partial charge in [-0.2, -0.15) is 0 Å². The molecule has 0 atom stereocenters. The summed E-state index contributed by atoms with van der Waals surface area (Å²) in [6, 6.07) is 7.47. The van der Waals surface area contributed by atoms with E-state index in [0.29, 0.717) is 6.61 Å². The molecule has 1 saturated heterocycles. The minimum absolute atomic E-state index is 0. The minimum atomic E-state index is 0. The normalized spacial score (nSPS) is 16.1. The molecule has 0 unspecified atom stereocenters. The van der Waals surface area contributed by atoms with Gasteiger partial charge >= 0.3 is 0 Å². The maximum atomic E-state index is 5.90. The van der Waals surface area contributed by atoms with Gasteiger partial charge in [-0.05, 0) is 70.7 Å². The Morgan fingerprint density at radius 1 is 1.21 bits per heavy atom. The third-order valence-corrected chi connectivity index (χ3v) is 5.16. The number of likely N-dealkylation sites (N-methyl/N-ethyl adjacent to an activating group) is 2. The van der Waals surface area contributed by atoms with Gasteiger partial charge in [-0.15, -0.1) is 24.0 Å². The molecule has 1 heterocycles. The number of rotatable bonds is 9. The summed E-state index contributed by atoms with van der Waals surface area (Å²) in [5.74, 6) is 1.78. The first-order valence-corrected chi connectivity index (χ1v) is 10.7. The van der Waals surface area contributed by atoms with Crippen LogP contribution in [0.2, 0.25) is 5.02 Å². The van der Waals surface area contributed by atoms with Crippen molar-refractivity contribution >= 4 is 41.5 Å². The third-order valence-electron chi connectivity index (χ3n) is 4.91. The fourth-order valence-corrected chi connectivity index (χ4v) is 3.34. The molecule has 0 spiro atoms. The van der Waals surface area contributed by atoms with Crippen molar-refractivity contribution in [2.45, 2.75) is 19.8 Å². The Labute approximate surface area is 198 Å². The van der Waals surface area contributed by atoms with Gasteiger partial charge in [-0.1, -0.05) is 11.6 Å². The van der Waals surface area contributed by atoms with Crippen molar-refractivity contribution in [1.82, 2.24) is 20.0 Å². The highest BCUT2D eigenvalue weighted by Gasteiger charge is 2.11. The third kappa shape index (κ3) is 10.7. The maximum Gasteiger partial charge on any atom is 0.193 e. The van der Waals surface area contributed by atoms with E-state index in [2.05, 4.69) is 41.0 Å². The number of nitrogens with zero attached hydrogens (tertiary/aromatic N) is 4. The Morgan fingerprint density at radius 2 is 1.97 bits per heavy atom. The van der Waals surface area contributed by atoms with Crippen molar-refractivity contribution in [2.24, 2.45) is 4.99 Å². The van der Waals surface area contributed by atoms with Gasteiger partial charge in [0.15, 0.2) is 5.96 Å². The van der Waals surface area contributed by atoms with Gasteiger partial charge in [0, 0.05) is 38.2 Å². The molecule has 1 aromatic carbocycles. The second-order valence-electron chi connectivity index (χ2n) is 7.31. The average Bonchev–Trinajstić information content (AvgIpc) is 2.90. The van der Waals surface area contributed by atoms with Crippen molar-refractivity contribution in [1.29, 1.82) is 0 Å². The number of hydrogen-bond acceptors (Lipinski definition) is 4. The molecular formula is C21H37ClIN5O. The van der Waals surface area contributed by atoms with Crippen molar-refractivity contribution in [3.05, 3.63) is 29.3 Å². The summed E-state index contributed by atoms with van der Waals surface area (Å²) in [4.78, 5) is 11.9. The maximum absolute atomic E-state index is 5.90. The monoisotopic (exact) mass is 537 g/mol. The van der Waals surface area contributed by atoms with Crippen LogP contribution in [0.1, 0.15) is 19.8 Å². The molecule has 1 fully saturated rings. The van der Waals surface area contributed by atoms with E-state index >= 15 is 0 Å². The molecule has 0 bridgehead atoms. The van der Waals surface area contributed by atoms with Crippen LogP contribution in [0, 0.1) is 0 Å². The lowest BCUT2D eigenvalue weighted by atomic mass is 10.3. The fraction of sp³-hybridized carbons (Fsp3) is 0.667. The second kappa shape index (κ2) is 15.1. The number of halogens is 2. The number of guanidine groups is 1. The highest BCUT2D eigenvalue weighted by atomic mass is 127. The molecule has 1 aromatic rings. The second-order valence-corrected chi connectivity index (χ2v) is 7.75. The Bertz CT molecular complexity index is 587. The molecule has 0 aromatic heterocycles. The van der Waals surface area contributed by atoms with Gasteiger partial charge in [0.05, 0.1) is 6.54 Å². The molecule has 1 aliphatic rings. The quantitative estimate of drug-likeness (QED) is 0.227. The first-order valence-electron chi connectivity index (χ1n) is 10.4. The molecule has 0 aliphatic carbocycles. The average molecular weight is 538 g/mol. The summed E-state index contributed by atoms with van der Waals surface area (Å²) >= 11 is 5.90. The summed E-state index contributed by atoms with van der Waals surface area (Å²) in [6.07, 6.45) is 2.35. The predicted octanol–water partition coefficient (Wildman–Crippen LogP) is 3.26. The topological polar surface area (TPSA) is 43.3 Å². The zero-order chi connectivity index (χ0) is 20.2. The largest absolute Gasteiger partial charge is 0.492 e. The molecule has 2 rings (SSSR count). The van der Waals surface area contributed by atoms with E-state index in [1.807, 2.05) is 24.3 Å². The molecule has 0 saturated carbocycles. The fourth-order valence-electron chi connectivity index (χ4n) is 3.21. The molecule has 8 heteroatoms. The van der Waals surface area contributed by atoms with E-state index < -0.39 is 0 Å². The molecule has 1 aliphatic heterocycles. The molecule has 1 N–H and O–H groups in total. The lowest BCUT2D eigenvalue weighted by Crippen LogP contribution is -2.41. The van der Waals surface area contributed by atoms with Crippen LogP contribution in [0.25, 0.3) is 0 Å². The van der Waals surface area contributed by atoms with E-state index in [1.54, 1.807) is 0 Å². The van der Waals surface area contributed by atoms with Crippen LogP contribution in [-0.4, -0.2) is 93.7 Å². The molecule has 166 valence electrons. The van der Waals surface area contributed by atoms with E-state index in [-0.39, 0.29) is 24.0 Å². The summed E-state index contributed by atoms with van der Waals surface area (Å²) < 4.78 is 5.79. The Morgan fingerprint density at radius 3 is 2.69 bits per heavy atom. The van der Waals surface area contributed by atoms with Crippen molar-refractivity contribution in [3.8, 4) is 5.75 Å². The van der Waals surface area contributed by atoms with E-state index in [4.69, 9.17) is 21.3 Å². The van der Waals surface area contributed by atoms with Gasteiger partial charge in [-0.25, -0.2) is 0 Å². The van der Waals surface area contributed by atoms with Gasteiger partial charge in [-0.3, -0.25) is 4.99 Å². The van der Waals surface area contributed by atoms with Crippen molar-refractivity contribution in [3.63, 3.8) is 0 Å². The van der Waals surface area contributed by atoms with Gasteiger partial charge in [0.1, 0.15) is 12.4 Å². The van der Waals surface area contributed by atoms with Crippen LogP contribution in [0.15, 0.2) is 29.3 Å². The zero-order valence-electron chi connectivity index (χ0n) is 18.1. The Balaban J connectivity index is 0.00000420. The summed E-state index contributed by atoms with van der Waals surface area (Å²) in [5.41, 5.74) is 0. The Hall–Kier alpha value is -0.770. The van der Waals surface area contributed by atoms with E-state index in [9.17, 15) is 0 Å². The Kier molecular flexibility index (Phi) is 13.7. The summed E-state index contributed by atoms with van der Waals surface area (Å²) in [6.45, 7) is 11.1. The van der Waals surface area contributed by atoms with Crippen LogP contribution in [0.4, 0.5) is 0 Å². The van der Waals surface area contributed by atoms with E-state index in [0.717, 1.165) is 49.3 Å². The van der Waals surface area contributed by atoms with Crippen LogP contribution in [0.5, 0.6) is 5.75 Å². The smallest absolute Gasteiger partial charge is 0.193 e. The van der Waals surface area contributed by atoms with Crippen LogP contribution < -0.4 is 10.1 Å². The highest BCUT2D eigenvalue weighted by Crippen LogP contribution is 2.15. The number of nitrogens with one attached hydrogen (secondary N) is 1.